The van der Waals surface area contributed by atoms with Crippen LogP contribution in [0.4, 0.5) is 5.69 Å². The van der Waals surface area contributed by atoms with Crippen LogP contribution in [0.15, 0.2) is 24.4 Å². The molecule has 1 fully saturated rings. The van der Waals surface area contributed by atoms with E-state index in [0.29, 0.717) is 17.7 Å². The molecule has 2 aromatic rings. The van der Waals surface area contributed by atoms with Gasteiger partial charge in [0.1, 0.15) is 5.69 Å². The van der Waals surface area contributed by atoms with E-state index in [0.717, 1.165) is 11.4 Å². The number of Topliss-reactive ketones (excluding diaryl/α,β-unsaturated/α-hetero) is 1. The highest BCUT2D eigenvalue weighted by atomic mass is 32.2. The lowest BCUT2D eigenvalue weighted by molar-refractivity contribution is 0.0468. The van der Waals surface area contributed by atoms with Gasteiger partial charge in [0.2, 0.25) is 5.78 Å². The van der Waals surface area contributed by atoms with Crippen molar-refractivity contribution < 1.29 is 22.7 Å². The number of aromatic nitrogens is 2. The maximum Gasteiger partial charge on any atom is 0.357 e. The van der Waals surface area contributed by atoms with E-state index in [4.69, 9.17) is 4.74 Å². The molecular formula is C20H25N3O5S. The van der Waals surface area contributed by atoms with Gasteiger partial charge in [-0.25, -0.2) is 18.2 Å². The van der Waals surface area contributed by atoms with Crippen LogP contribution in [-0.4, -0.2) is 61.9 Å². The molecule has 29 heavy (non-hydrogen) atoms. The fourth-order valence-electron chi connectivity index (χ4n) is 3.65. The lowest BCUT2D eigenvalue weighted by Gasteiger charge is -2.16. The second-order valence-corrected chi connectivity index (χ2v) is 9.74. The van der Waals surface area contributed by atoms with Gasteiger partial charge in [-0.15, -0.1) is 0 Å². The predicted molar refractivity (Wildman–Crippen MR) is 109 cm³/mol. The summed E-state index contributed by atoms with van der Waals surface area (Å²) in [6, 6.07) is 4.85. The van der Waals surface area contributed by atoms with Crippen LogP contribution in [0.25, 0.3) is 0 Å². The molecule has 1 aliphatic heterocycles. The lowest BCUT2D eigenvalue weighted by Crippen LogP contribution is -2.17. The zero-order chi connectivity index (χ0) is 21.3. The third-order valence-electron chi connectivity index (χ3n) is 5.17. The molecule has 0 radical (unpaired) electrons. The molecule has 0 amide bonds. The Kier molecular flexibility index (Phi) is 5.79. The van der Waals surface area contributed by atoms with Crippen molar-refractivity contribution in [3.63, 3.8) is 0 Å². The molecule has 0 aromatic carbocycles. The minimum Gasteiger partial charge on any atom is -0.453 e. The smallest absolute Gasteiger partial charge is 0.357 e. The van der Waals surface area contributed by atoms with Gasteiger partial charge in [0.15, 0.2) is 16.4 Å². The van der Waals surface area contributed by atoms with Crippen molar-refractivity contribution in [2.75, 3.05) is 37.1 Å². The van der Waals surface area contributed by atoms with E-state index in [-0.39, 0.29) is 29.0 Å². The summed E-state index contributed by atoms with van der Waals surface area (Å²) in [5.41, 5.74) is 2.93. The van der Waals surface area contributed by atoms with Gasteiger partial charge < -0.3 is 14.2 Å². The molecule has 2 aromatic heterocycles. The van der Waals surface area contributed by atoms with Crippen LogP contribution in [0.5, 0.6) is 0 Å². The number of rotatable bonds is 6. The molecular weight excluding hydrogens is 394 g/mol. The fraction of sp³-hybridized carbons (Fsp3) is 0.450. The molecule has 0 N–H and O–H groups in total. The summed E-state index contributed by atoms with van der Waals surface area (Å²) >= 11 is 0. The van der Waals surface area contributed by atoms with Gasteiger partial charge in [0.05, 0.1) is 23.4 Å². The Hall–Kier alpha value is -2.68. The van der Waals surface area contributed by atoms with Gasteiger partial charge >= 0.3 is 5.97 Å². The summed E-state index contributed by atoms with van der Waals surface area (Å²) in [5.74, 6) is -0.752. The molecule has 0 aliphatic carbocycles. The van der Waals surface area contributed by atoms with E-state index in [1.165, 1.54) is 0 Å². The monoisotopic (exact) mass is 419 g/mol. The lowest BCUT2D eigenvalue weighted by atomic mass is 10.1. The first kappa shape index (κ1) is 21.0. The molecule has 8 nitrogen and oxygen atoms in total. The fourth-order valence-corrected chi connectivity index (χ4v) is 5.35. The van der Waals surface area contributed by atoms with Crippen molar-refractivity contribution in [3.8, 4) is 0 Å². The first-order valence-corrected chi connectivity index (χ1v) is 11.1. The van der Waals surface area contributed by atoms with Crippen LogP contribution in [0.1, 0.15) is 44.7 Å². The van der Waals surface area contributed by atoms with Crippen LogP contribution in [0.3, 0.4) is 0 Å². The summed E-state index contributed by atoms with van der Waals surface area (Å²) in [6.45, 7) is 3.23. The molecule has 156 valence electrons. The number of carbonyl (C=O) groups excluding carboxylic acids is 2. The second-order valence-electron chi connectivity index (χ2n) is 7.51. The van der Waals surface area contributed by atoms with Crippen molar-refractivity contribution in [1.82, 2.24) is 9.55 Å². The van der Waals surface area contributed by atoms with E-state index < -0.39 is 22.4 Å². The number of carbonyl (C=O) groups is 2. The van der Waals surface area contributed by atoms with E-state index in [9.17, 15) is 18.0 Å². The minimum absolute atomic E-state index is 0.0839. The molecule has 0 unspecified atom stereocenters. The summed E-state index contributed by atoms with van der Waals surface area (Å²) < 4.78 is 30.6. The molecule has 3 rings (SSSR count). The van der Waals surface area contributed by atoms with Crippen molar-refractivity contribution in [3.05, 3.63) is 47.0 Å². The topological polar surface area (TPSA) is 98.6 Å². The highest BCUT2D eigenvalue weighted by Crippen LogP contribution is 2.29. The SMILES string of the molecule is Cc1cc(C(=O)COC(=O)c2ccc(N(C)C)cn2)c(C)n1[C@H]1CCS(=O)(=O)C1. The maximum atomic E-state index is 12.6. The van der Waals surface area contributed by atoms with Crippen molar-refractivity contribution in [2.24, 2.45) is 0 Å². The predicted octanol–water partition coefficient (Wildman–Crippen LogP) is 1.97. The molecule has 0 bridgehead atoms. The number of hydrogen-bond donors (Lipinski definition) is 0. The largest absolute Gasteiger partial charge is 0.453 e. The number of nitrogens with zero attached hydrogens (tertiary/aromatic N) is 3. The van der Waals surface area contributed by atoms with E-state index >= 15 is 0 Å². The molecule has 0 spiro atoms. The van der Waals surface area contributed by atoms with Crippen molar-refractivity contribution >= 4 is 27.3 Å². The molecule has 0 saturated carbocycles. The Morgan fingerprint density at radius 2 is 2.00 bits per heavy atom. The van der Waals surface area contributed by atoms with Crippen LogP contribution < -0.4 is 4.90 Å². The third kappa shape index (κ3) is 4.50. The number of sulfone groups is 1. The Morgan fingerprint density at radius 3 is 2.55 bits per heavy atom. The average Bonchev–Trinajstić information content (AvgIpc) is 3.17. The summed E-state index contributed by atoms with van der Waals surface area (Å²) in [6.07, 6.45) is 2.09. The quantitative estimate of drug-likeness (QED) is 0.521. The number of esters is 1. The van der Waals surface area contributed by atoms with Crippen LogP contribution in [-0.2, 0) is 14.6 Å². The number of hydrogen-bond acceptors (Lipinski definition) is 7. The average molecular weight is 420 g/mol. The first-order chi connectivity index (χ1) is 13.6. The number of ether oxygens (including phenoxy) is 1. The number of anilines is 1. The maximum absolute atomic E-state index is 12.6. The van der Waals surface area contributed by atoms with E-state index in [1.54, 1.807) is 31.3 Å². The van der Waals surface area contributed by atoms with Crippen LogP contribution >= 0.6 is 0 Å². The number of aryl methyl sites for hydroxylation is 1. The van der Waals surface area contributed by atoms with E-state index in [1.807, 2.05) is 30.5 Å². The van der Waals surface area contributed by atoms with Crippen molar-refractivity contribution in [2.45, 2.75) is 26.3 Å². The summed E-state index contributed by atoms with van der Waals surface area (Å²) in [4.78, 5) is 30.7. The van der Waals surface area contributed by atoms with Crippen LogP contribution in [0.2, 0.25) is 0 Å². The minimum atomic E-state index is -3.03. The molecule has 1 aliphatic rings. The highest BCUT2D eigenvalue weighted by molar-refractivity contribution is 7.91. The Morgan fingerprint density at radius 1 is 1.28 bits per heavy atom. The van der Waals surface area contributed by atoms with Gasteiger partial charge in [0, 0.05) is 37.1 Å². The standard InChI is InChI=1S/C20H25N3O5S/c1-13-9-17(14(2)23(13)16-7-8-29(26,27)12-16)19(24)11-28-20(25)18-6-5-15(10-21-18)22(3)4/h5-6,9-10,16H,7-8,11-12H2,1-4H3/t16-/m0/s1. The Bertz CT molecular complexity index is 1040. The normalized spacial score (nSPS) is 17.9. The van der Waals surface area contributed by atoms with Gasteiger partial charge in [-0.3, -0.25) is 4.79 Å². The first-order valence-electron chi connectivity index (χ1n) is 9.31. The Labute approximate surface area is 170 Å². The van der Waals surface area contributed by atoms with Gasteiger partial charge in [-0.1, -0.05) is 0 Å². The van der Waals surface area contributed by atoms with Crippen molar-refractivity contribution in [1.29, 1.82) is 0 Å². The summed E-state index contributed by atoms with van der Waals surface area (Å²) in [5, 5.41) is 0. The van der Waals surface area contributed by atoms with Crippen LogP contribution in [0, 0.1) is 13.8 Å². The zero-order valence-corrected chi connectivity index (χ0v) is 17.8. The van der Waals surface area contributed by atoms with Gasteiger partial charge in [0.25, 0.3) is 0 Å². The molecule has 9 heteroatoms. The molecule has 1 saturated heterocycles. The zero-order valence-electron chi connectivity index (χ0n) is 17.0. The van der Waals surface area contributed by atoms with E-state index in [2.05, 4.69) is 4.98 Å². The number of ketones is 1. The van der Waals surface area contributed by atoms with Gasteiger partial charge in [-0.2, -0.15) is 0 Å². The van der Waals surface area contributed by atoms with Gasteiger partial charge in [-0.05, 0) is 38.5 Å². The third-order valence-corrected chi connectivity index (χ3v) is 6.92. The molecule has 1 atom stereocenters. The highest BCUT2D eigenvalue weighted by Gasteiger charge is 2.31. The Balaban J connectivity index is 1.68. The second kappa shape index (κ2) is 7.98. The summed E-state index contributed by atoms with van der Waals surface area (Å²) in [7, 11) is 0.699. The number of pyridine rings is 1. The molecule has 3 heterocycles.